The van der Waals surface area contributed by atoms with Crippen molar-refractivity contribution in [2.45, 2.75) is 38.1 Å². The molecule has 1 saturated heterocycles. The van der Waals surface area contributed by atoms with E-state index in [0.717, 1.165) is 25.9 Å². The predicted molar refractivity (Wildman–Crippen MR) is 78.5 cm³/mol. The van der Waals surface area contributed by atoms with Gasteiger partial charge in [0, 0.05) is 12.6 Å². The van der Waals surface area contributed by atoms with Crippen molar-refractivity contribution in [2.75, 3.05) is 13.1 Å². The van der Waals surface area contributed by atoms with Crippen molar-refractivity contribution in [3.63, 3.8) is 0 Å². The average Bonchev–Trinajstić information content (AvgIpc) is 2.38. The molecular formula is C17H23NO. The molecule has 102 valence electrons. The summed E-state index contributed by atoms with van der Waals surface area (Å²) in [6, 6.07) is 6.53. The molecule has 3 rings (SSSR count). The van der Waals surface area contributed by atoms with Gasteiger partial charge in [0.25, 0.3) is 0 Å². The molecule has 1 aliphatic carbocycles. The van der Waals surface area contributed by atoms with E-state index >= 15 is 0 Å². The molecule has 0 amide bonds. The first kappa shape index (κ1) is 12.7. The Morgan fingerprint density at radius 3 is 3.05 bits per heavy atom. The minimum Gasteiger partial charge on any atom is -0.508 e. The number of phenolic OH excluding ortho intramolecular Hbond substituents is 1. The predicted octanol–water partition coefficient (Wildman–Crippen LogP) is 3.10. The van der Waals surface area contributed by atoms with Crippen molar-refractivity contribution in [3.8, 4) is 5.75 Å². The largest absolute Gasteiger partial charge is 0.508 e. The smallest absolute Gasteiger partial charge is 0.115 e. The molecular weight excluding hydrogens is 234 g/mol. The molecule has 2 bridgehead atoms. The molecule has 2 nitrogen and oxygen atoms in total. The second kappa shape index (κ2) is 4.38. The summed E-state index contributed by atoms with van der Waals surface area (Å²) >= 11 is 0. The molecule has 1 aliphatic heterocycles. The molecule has 0 aromatic heterocycles. The molecule has 0 unspecified atom stereocenters. The van der Waals surface area contributed by atoms with Gasteiger partial charge in [-0.2, -0.15) is 0 Å². The van der Waals surface area contributed by atoms with Crippen molar-refractivity contribution >= 4 is 0 Å². The third-order valence-electron chi connectivity index (χ3n) is 5.47. The monoisotopic (exact) mass is 257 g/mol. The Hall–Kier alpha value is -1.28. The van der Waals surface area contributed by atoms with Crippen LogP contribution in [0.2, 0.25) is 0 Å². The lowest BCUT2D eigenvalue weighted by Crippen LogP contribution is -2.57. The van der Waals surface area contributed by atoms with Crippen molar-refractivity contribution in [3.05, 3.63) is 42.0 Å². The number of rotatable bonds is 2. The normalized spacial score (nSPS) is 33.8. The highest BCUT2D eigenvalue weighted by Gasteiger charge is 2.48. The molecule has 1 fully saturated rings. The Balaban J connectivity index is 2.06. The zero-order valence-electron chi connectivity index (χ0n) is 11.9. The minimum absolute atomic E-state index is 0.203. The summed E-state index contributed by atoms with van der Waals surface area (Å²) in [4.78, 5) is 2.56. The standard InChI is InChI=1S/C17H23NO/c1-4-8-18-9-7-17(3)12(2)16(18)10-13-5-6-14(19)11-15(13)17/h4-6,11-12,16,19H,1,7-10H2,2-3H3/t12-,16-,17+/m1/s1. The topological polar surface area (TPSA) is 23.5 Å². The number of benzene rings is 1. The van der Waals surface area contributed by atoms with Crippen LogP contribution in [-0.4, -0.2) is 29.1 Å². The molecule has 1 aromatic carbocycles. The van der Waals surface area contributed by atoms with E-state index in [0.29, 0.717) is 17.7 Å². The van der Waals surface area contributed by atoms with Gasteiger partial charge in [-0.15, -0.1) is 6.58 Å². The zero-order valence-corrected chi connectivity index (χ0v) is 11.9. The molecule has 1 heterocycles. The van der Waals surface area contributed by atoms with Gasteiger partial charge >= 0.3 is 0 Å². The lowest BCUT2D eigenvalue weighted by Gasteiger charge is -2.54. The molecule has 0 spiro atoms. The number of hydrogen-bond acceptors (Lipinski definition) is 2. The van der Waals surface area contributed by atoms with Gasteiger partial charge in [-0.25, -0.2) is 0 Å². The fraction of sp³-hybridized carbons (Fsp3) is 0.529. The Morgan fingerprint density at radius 2 is 2.32 bits per heavy atom. The first-order valence-corrected chi connectivity index (χ1v) is 7.23. The van der Waals surface area contributed by atoms with Crippen molar-refractivity contribution in [1.29, 1.82) is 0 Å². The third-order valence-corrected chi connectivity index (χ3v) is 5.47. The first-order chi connectivity index (χ1) is 9.06. The van der Waals surface area contributed by atoms with Gasteiger partial charge in [0.15, 0.2) is 0 Å². The summed E-state index contributed by atoms with van der Waals surface area (Å²) in [6.45, 7) is 10.7. The van der Waals surface area contributed by atoms with Gasteiger partial charge in [0.1, 0.15) is 5.75 Å². The van der Waals surface area contributed by atoms with Gasteiger partial charge in [0.2, 0.25) is 0 Å². The van der Waals surface area contributed by atoms with E-state index in [4.69, 9.17) is 0 Å². The Morgan fingerprint density at radius 1 is 1.53 bits per heavy atom. The maximum atomic E-state index is 9.80. The van der Waals surface area contributed by atoms with Gasteiger partial charge in [-0.05, 0) is 54.0 Å². The zero-order chi connectivity index (χ0) is 13.6. The summed E-state index contributed by atoms with van der Waals surface area (Å²) < 4.78 is 0. The lowest BCUT2D eigenvalue weighted by molar-refractivity contribution is 0.0398. The van der Waals surface area contributed by atoms with Crippen LogP contribution < -0.4 is 0 Å². The van der Waals surface area contributed by atoms with Crippen molar-refractivity contribution < 1.29 is 5.11 Å². The van der Waals surface area contributed by atoms with E-state index < -0.39 is 0 Å². The van der Waals surface area contributed by atoms with Crippen LogP contribution in [-0.2, 0) is 11.8 Å². The Bertz CT molecular complexity index is 510. The van der Waals surface area contributed by atoms with Crippen LogP contribution in [0, 0.1) is 5.92 Å². The van der Waals surface area contributed by atoms with E-state index in [-0.39, 0.29) is 5.41 Å². The number of hydrogen-bond donors (Lipinski definition) is 1. The van der Waals surface area contributed by atoms with Crippen LogP contribution in [0.1, 0.15) is 31.4 Å². The number of fused-ring (bicyclic) bond motifs is 4. The number of piperidine rings is 1. The number of nitrogens with zero attached hydrogens (tertiary/aromatic N) is 1. The number of phenols is 1. The van der Waals surface area contributed by atoms with Crippen LogP contribution in [0.15, 0.2) is 30.9 Å². The molecule has 3 atom stereocenters. The summed E-state index contributed by atoms with van der Waals surface area (Å²) in [6.07, 6.45) is 4.27. The quantitative estimate of drug-likeness (QED) is 0.823. The first-order valence-electron chi connectivity index (χ1n) is 7.23. The second-order valence-corrected chi connectivity index (χ2v) is 6.35. The average molecular weight is 257 g/mol. The van der Waals surface area contributed by atoms with Gasteiger partial charge in [-0.3, -0.25) is 4.90 Å². The molecule has 0 saturated carbocycles. The van der Waals surface area contributed by atoms with E-state index in [1.165, 1.54) is 11.1 Å². The van der Waals surface area contributed by atoms with Crippen molar-refractivity contribution in [2.24, 2.45) is 5.92 Å². The third kappa shape index (κ3) is 1.81. The molecule has 1 N–H and O–H groups in total. The highest BCUT2D eigenvalue weighted by Crippen LogP contribution is 2.49. The molecule has 2 aliphatic rings. The molecule has 0 radical (unpaired) electrons. The van der Waals surface area contributed by atoms with Gasteiger partial charge < -0.3 is 5.11 Å². The highest BCUT2D eigenvalue weighted by molar-refractivity contribution is 5.44. The van der Waals surface area contributed by atoms with Crippen LogP contribution in [0.5, 0.6) is 5.75 Å². The molecule has 2 heteroatoms. The van der Waals surface area contributed by atoms with E-state index in [1.54, 1.807) is 0 Å². The summed E-state index contributed by atoms with van der Waals surface area (Å²) in [5.74, 6) is 1.02. The van der Waals surface area contributed by atoms with Crippen molar-refractivity contribution in [1.82, 2.24) is 4.90 Å². The van der Waals surface area contributed by atoms with Crippen LogP contribution in [0.3, 0.4) is 0 Å². The van der Waals surface area contributed by atoms with E-state index in [2.05, 4.69) is 31.4 Å². The van der Waals surface area contributed by atoms with Gasteiger partial charge in [-0.1, -0.05) is 26.0 Å². The Labute approximate surface area is 115 Å². The molecule has 1 aromatic rings. The maximum Gasteiger partial charge on any atom is 0.115 e. The highest BCUT2D eigenvalue weighted by atomic mass is 16.3. The lowest BCUT2D eigenvalue weighted by atomic mass is 9.59. The van der Waals surface area contributed by atoms with Crippen LogP contribution in [0.25, 0.3) is 0 Å². The summed E-state index contributed by atoms with van der Waals surface area (Å²) in [5, 5.41) is 9.80. The maximum absolute atomic E-state index is 9.80. The SMILES string of the molecule is C=CCN1CC[C@]2(C)c3cc(O)ccc3C[C@@H]1[C@H]2C. The van der Waals surface area contributed by atoms with Crippen LogP contribution >= 0.6 is 0 Å². The minimum atomic E-state index is 0.203. The summed E-state index contributed by atoms with van der Waals surface area (Å²) in [5.41, 5.74) is 2.99. The number of likely N-dealkylation sites (tertiary alicyclic amines) is 1. The number of aromatic hydroxyl groups is 1. The van der Waals surface area contributed by atoms with E-state index in [9.17, 15) is 5.11 Å². The molecule has 19 heavy (non-hydrogen) atoms. The van der Waals surface area contributed by atoms with Crippen LogP contribution in [0.4, 0.5) is 0 Å². The Kier molecular flexibility index (Phi) is 2.94. The fourth-order valence-electron chi connectivity index (χ4n) is 4.09. The van der Waals surface area contributed by atoms with Gasteiger partial charge in [0.05, 0.1) is 0 Å². The van der Waals surface area contributed by atoms with E-state index in [1.807, 2.05) is 18.2 Å². The fourth-order valence-corrected chi connectivity index (χ4v) is 4.09. The second-order valence-electron chi connectivity index (χ2n) is 6.35. The summed E-state index contributed by atoms with van der Waals surface area (Å²) in [7, 11) is 0.